The third-order valence-electron chi connectivity index (χ3n) is 3.95. The Morgan fingerprint density at radius 1 is 1.29 bits per heavy atom. The van der Waals surface area contributed by atoms with Crippen LogP contribution in [-0.4, -0.2) is 12.8 Å². The Bertz CT molecular complexity index is 240. The smallest absolute Gasteiger partial charge is 0.0385 e. The monoisotopic (exact) mass is 235 g/mol. The molecule has 1 aliphatic carbocycles. The molecule has 1 nitrogen and oxygen atoms in total. The second kappa shape index (κ2) is 8.49. The highest BCUT2D eigenvalue weighted by Gasteiger charge is 2.16. The Kier molecular flexibility index (Phi) is 7.23. The molecule has 98 valence electrons. The number of nitrogens with zero attached hydrogens (tertiary/aromatic N) is 1. The molecule has 0 bridgehead atoms. The average molecular weight is 235 g/mol. The van der Waals surface area contributed by atoms with Gasteiger partial charge < -0.3 is 0 Å². The minimum absolute atomic E-state index is 0.809. The van der Waals surface area contributed by atoms with Gasteiger partial charge in [0.2, 0.25) is 0 Å². The predicted molar refractivity (Wildman–Crippen MR) is 77.7 cm³/mol. The maximum atomic E-state index is 4.27. The van der Waals surface area contributed by atoms with Gasteiger partial charge in [-0.25, -0.2) is 0 Å². The first-order chi connectivity index (χ1) is 8.24. The van der Waals surface area contributed by atoms with Gasteiger partial charge in [0.25, 0.3) is 0 Å². The first-order valence-corrected chi connectivity index (χ1v) is 7.35. The molecule has 17 heavy (non-hydrogen) atoms. The van der Waals surface area contributed by atoms with Crippen LogP contribution in [0.1, 0.15) is 59.3 Å². The lowest BCUT2D eigenvalue weighted by atomic mass is 9.88. The van der Waals surface area contributed by atoms with E-state index in [-0.39, 0.29) is 0 Å². The number of allylic oxidation sites excluding steroid dienone is 2. The quantitative estimate of drug-likeness (QED) is 0.353. The van der Waals surface area contributed by atoms with Crippen LogP contribution >= 0.6 is 0 Å². The summed E-state index contributed by atoms with van der Waals surface area (Å²) in [7, 11) is 0. The van der Waals surface area contributed by atoms with Crippen molar-refractivity contribution in [2.75, 3.05) is 6.54 Å². The zero-order valence-corrected chi connectivity index (χ0v) is 11.9. The van der Waals surface area contributed by atoms with Crippen LogP contribution in [0.25, 0.3) is 0 Å². The Hall–Kier alpha value is -0.590. The number of unbranched alkanes of at least 4 members (excludes halogenated alkanes) is 1. The fraction of sp³-hybridized carbons (Fsp3) is 0.812. The molecule has 0 fully saturated rings. The van der Waals surface area contributed by atoms with Crippen LogP contribution < -0.4 is 0 Å². The molecule has 1 aliphatic rings. The largest absolute Gasteiger partial charge is 0.298 e. The predicted octanol–water partition coefficient (Wildman–Crippen LogP) is 4.88. The van der Waals surface area contributed by atoms with Crippen LogP contribution in [-0.2, 0) is 0 Å². The third kappa shape index (κ3) is 6.05. The number of hydrogen-bond acceptors (Lipinski definition) is 1. The van der Waals surface area contributed by atoms with Crippen LogP contribution in [0.3, 0.4) is 0 Å². The van der Waals surface area contributed by atoms with E-state index in [1.54, 1.807) is 0 Å². The van der Waals surface area contributed by atoms with Gasteiger partial charge in [-0.1, -0.05) is 38.8 Å². The highest BCUT2D eigenvalue weighted by molar-refractivity contribution is 5.53. The van der Waals surface area contributed by atoms with E-state index in [2.05, 4.69) is 31.0 Å². The highest BCUT2D eigenvalue weighted by Crippen LogP contribution is 2.29. The van der Waals surface area contributed by atoms with Gasteiger partial charge >= 0.3 is 0 Å². The molecule has 1 rings (SSSR count). The topological polar surface area (TPSA) is 12.4 Å². The van der Waals surface area contributed by atoms with E-state index < -0.39 is 0 Å². The van der Waals surface area contributed by atoms with E-state index in [0.29, 0.717) is 0 Å². The summed E-state index contributed by atoms with van der Waals surface area (Å²) >= 11 is 0. The summed E-state index contributed by atoms with van der Waals surface area (Å²) in [5.74, 6) is 2.56. The van der Waals surface area contributed by atoms with E-state index >= 15 is 0 Å². The second-order valence-corrected chi connectivity index (χ2v) is 5.68. The van der Waals surface area contributed by atoms with Crippen LogP contribution in [0.4, 0.5) is 0 Å². The SMILES string of the molecule is C/C=N/CCCC[C@@H]1CC=C[C@H](C(C)C)CC1. The van der Waals surface area contributed by atoms with Crippen molar-refractivity contribution in [2.24, 2.45) is 22.7 Å². The number of rotatable bonds is 6. The molecule has 0 amide bonds. The van der Waals surface area contributed by atoms with E-state index in [9.17, 15) is 0 Å². The molecule has 0 spiro atoms. The zero-order chi connectivity index (χ0) is 12.5. The first kappa shape index (κ1) is 14.5. The normalized spacial score (nSPS) is 25.6. The van der Waals surface area contributed by atoms with Crippen molar-refractivity contribution >= 4 is 6.21 Å². The molecule has 0 aromatic carbocycles. The fourth-order valence-corrected chi connectivity index (χ4v) is 2.67. The van der Waals surface area contributed by atoms with E-state index in [1.165, 1.54) is 38.5 Å². The Morgan fingerprint density at radius 2 is 2.12 bits per heavy atom. The van der Waals surface area contributed by atoms with Gasteiger partial charge in [0.15, 0.2) is 0 Å². The lowest BCUT2D eigenvalue weighted by molar-refractivity contribution is 0.368. The third-order valence-corrected chi connectivity index (χ3v) is 3.95. The maximum Gasteiger partial charge on any atom is 0.0385 e. The van der Waals surface area contributed by atoms with Gasteiger partial charge in [0, 0.05) is 6.54 Å². The summed E-state index contributed by atoms with van der Waals surface area (Å²) in [4.78, 5) is 4.27. The Labute approximate surface area is 107 Å². The fourth-order valence-electron chi connectivity index (χ4n) is 2.67. The molecule has 2 atom stereocenters. The summed E-state index contributed by atoms with van der Waals surface area (Å²) in [5.41, 5.74) is 0. The van der Waals surface area contributed by atoms with Crippen molar-refractivity contribution in [2.45, 2.75) is 59.3 Å². The van der Waals surface area contributed by atoms with Crippen molar-refractivity contribution < 1.29 is 0 Å². The minimum Gasteiger partial charge on any atom is -0.298 e. The number of aliphatic imine (C=N–C) groups is 1. The summed E-state index contributed by atoms with van der Waals surface area (Å²) in [6.07, 6.45) is 15.0. The van der Waals surface area contributed by atoms with E-state index in [0.717, 1.165) is 24.3 Å². The molecule has 0 heterocycles. The van der Waals surface area contributed by atoms with Gasteiger partial charge in [-0.15, -0.1) is 0 Å². The highest BCUT2D eigenvalue weighted by atomic mass is 14.7. The summed E-state index contributed by atoms with van der Waals surface area (Å²) in [6, 6.07) is 0. The lowest BCUT2D eigenvalue weighted by Gasteiger charge is -2.17. The standard InChI is InChI=1S/C16H29N/c1-4-17-13-6-5-8-15-9-7-10-16(12-11-15)14(2)3/h4,7,10,14-16H,5-6,8-9,11-13H2,1-3H3/b17-4+/t15-,16+/m1/s1. The average Bonchev–Trinajstić information content (AvgIpc) is 2.54. The van der Waals surface area contributed by atoms with Gasteiger partial charge in [-0.3, -0.25) is 4.99 Å². The number of hydrogen-bond donors (Lipinski definition) is 0. The molecule has 0 radical (unpaired) electrons. The van der Waals surface area contributed by atoms with Gasteiger partial charge in [-0.05, 0) is 56.6 Å². The van der Waals surface area contributed by atoms with Crippen molar-refractivity contribution in [3.63, 3.8) is 0 Å². The van der Waals surface area contributed by atoms with E-state index in [1.807, 2.05) is 13.1 Å². The molecule has 0 aromatic rings. The molecule has 0 saturated carbocycles. The molecule has 0 aliphatic heterocycles. The van der Waals surface area contributed by atoms with Crippen LogP contribution in [0.15, 0.2) is 17.1 Å². The van der Waals surface area contributed by atoms with Crippen LogP contribution in [0.5, 0.6) is 0 Å². The lowest BCUT2D eigenvalue weighted by Crippen LogP contribution is -2.06. The Morgan fingerprint density at radius 3 is 2.82 bits per heavy atom. The molecule has 1 heteroatoms. The van der Waals surface area contributed by atoms with E-state index in [4.69, 9.17) is 0 Å². The van der Waals surface area contributed by atoms with Crippen molar-refractivity contribution in [3.05, 3.63) is 12.2 Å². The zero-order valence-electron chi connectivity index (χ0n) is 11.9. The van der Waals surface area contributed by atoms with Crippen molar-refractivity contribution in [1.82, 2.24) is 0 Å². The molecular formula is C16H29N. The Balaban J connectivity index is 2.17. The molecular weight excluding hydrogens is 206 g/mol. The van der Waals surface area contributed by atoms with Crippen LogP contribution in [0.2, 0.25) is 0 Å². The van der Waals surface area contributed by atoms with Gasteiger partial charge in [0.05, 0.1) is 0 Å². The maximum absolute atomic E-state index is 4.27. The summed E-state index contributed by atoms with van der Waals surface area (Å²) in [5, 5.41) is 0. The first-order valence-electron chi connectivity index (χ1n) is 7.35. The second-order valence-electron chi connectivity index (χ2n) is 5.68. The molecule has 0 unspecified atom stereocenters. The minimum atomic E-state index is 0.809. The molecule has 0 N–H and O–H groups in total. The van der Waals surface area contributed by atoms with Crippen molar-refractivity contribution in [3.8, 4) is 0 Å². The van der Waals surface area contributed by atoms with Gasteiger partial charge in [-0.2, -0.15) is 0 Å². The van der Waals surface area contributed by atoms with Crippen molar-refractivity contribution in [1.29, 1.82) is 0 Å². The van der Waals surface area contributed by atoms with Crippen LogP contribution in [0, 0.1) is 17.8 Å². The molecule has 0 saturated heterocycles. The summed E-state index contributed by atoms with van der Waals surface area (Å²) in [6.45, 7) is 7.71. The van der Waals surface area contributed by atoms with Gasteiger partial charge in [0.1, 0.15) is 0 Å². The molecule has 0 aromatic heterocycles. The summed E-state index contributed by atoms with van der Waals surface area (Å²) < 4.78 is 0.